The van der Waals surface area contributed by atoms with Gasteiger partial charge in [0.2, 0.25) is 11.8 Å². The molecule has 0 unspecified atom stereocenters. The molecule has 2 heterocycles. The summed E-state index contributed by atoms with van der Waals surface area (Å²) in [4.78, 5) is 15.4. The normalized spacial score (nSPS) is 10.7. The van der Waals surface area contributed by atoms with E-state index in [9.17, 15) is 4.79 Å². The Morgan fingerprint density at radius 3 is 2.96 bits per heavy atom. The van der Waals surface area contributed by atoms with Crippen LogP contribution in [-0.2, 0) is 11.3 Å². The maximum absolute atomic E-state index is 12.5. The Morgan fingerprint density at radius 1 is 1.35 bits per heavy atom. The van der Waals surface area contributed by atoms with Crippen molar-refractivity contribution in [3.63, 3.8) is 0 Å². The maximum atomic E-state index is 12.5. The second-order valence-corrected chi connectivity index (χ2v) is 7.71. The van der Waals surface area contributed by atoms with E-state index in [1.807, 2.05) is 29.6 Å². The molecule has 0 bridgehead atoms. The molecule has 1 amide bonds. The number of benzene rings is 1. The molecule has 0 atom stereocenters. The van der Waals surface area contributed by atoms with Crippen molar-refractivity contribution in [1.82, 2.24) is 15.1 Å². The summed E-state index contributed by atoms with van der Waals surface area (Å²) in [5, 5.41) is 10.9. The molecule has 0 saturated carbocycles. The van der Waals surface area contributed by atoms with Gasteiger partial charge in [-0.3, -0.25) is 4.79 Å². The van der Waals surface area contributed by atoms with Crippen molar-refractivity contribution in [2.24, 2.45) is 0 Å². The van der Waals surface area contributed by atoms with Gasteiger partial charge in [0.05, 0.1) is 12.3 Å². The predicted molar refractivity (Wildman–Crippen MR) is 105 cm³/mol. The van der Waals surface area contributed by atoms with Crippen LogP contribution in [0.2, 0.25) is 5.02 Å². The van der Waals surface area contributed by atoms with Gasteiger partial charge in [0, 0.05) is 22.0 Å². The summed E-state index contributed by atoms with van der Waals surface area (Å²) in [7, 11) is 0. The van der Waals surface area contributed by atoms with Gasteiger partial charge in [-0.15, -0.1) is 28.1 Å². The minimum atomic E-state index is -0.00851. The minimum Gasteiger partial charge on any atom is -0.411 e. The molecular formula is C18H16ClN3O2S2. The third kappa shape index (κ3) is 4.97. The highest BCUT2D eigenvalue weighted by Gasteiger charge is 2.16. The lowest BCUT2D eigenvalue weighted by Gasteiger charge is -2.19. The van der Waals surface area contributed by atoms with Crippen LogP contribution in [0.3, 0.4) is 0 Å². The molecule has 5 nitrogen and oxygen atoms in total. The summed E-state index contributed by atoms with van der Waals surface area (Å²) in [6.45, 7) is 4.79. The second-order valence-electron chi connectivity index (χ2n) is 5.31. The van der Waals surface area contributed by atoms with Crippen molar-refractivity contribution in [3.05, 3.63) is 64.3 Å². The van der Waals surface area contributed by atoms with Gasteiger partial charge >= 0.3 is 0 Å². The van der Waals surface area contributed by atoms with Crippen LogP contribution in [0.4, 0.5) is 0 Å². The fraction of sp³-hybridized carbons (Fsp3) is 0.167. The summed E-state index contributed by atoms with van der Waals surface area (Å²) < 4.78 is 5.61. The van der Waals surface area contributed by atoms with Crippen LogP contribution in [0.5, 0.6) is 0 Å². The lowest BCUT2D eigenvalue weighted by molar-refractivity contribution is -0.128. The van der Waals surface area contributed by atoms with Crippen LogP contribution in [0.25, 0.3) is 11.5 Å². The molecule has 0 radical (unpaired) electrons. The van der Waals surface area contributed by atoms with Gasteiger partial charge in [0.25, 0.3) is 5.22 Å². The summed E-state index contributed by atoms with van der Waals surface area (Å²) >= 11 is 8.82. The van der Waals surface area contributed by atoms with E-state index in [0.29, 0.717) is 29.2 Å². The molecule has 134 valence electrons. The number of nitrogens with zero attached hydrogens (tertiary/aromatic N) is 3. The quantitative estimate of drug-likeness (QED) is 0.399. The zero-order chi connectivity index (χ0) is 18.4. The van der Waals surface area contributed by atoms with Crippen molar-refractivity contribution < 1.29 is 9.21 Å². The first-order valence-electron chi connectivity index (χ1n) is 7.79. The van der Waals surface area contributed by atoms with E-state index in [-0.39, 0.29) is 11.7 Å². The van der Waals surface area contributed by atoms with Crippen LogP contribution < -0.4 is 0 Å². The Labute approximate surface area is 164 Å². The Balaban J connectivity index is 1.60. The number of hydrogen-bond donors (Lipinski definition) is 0. The zero-order valence-electron chi connectivity index (χ0n) is 13.8. The molecule has 3 aromatic rings. The average molecular weight is 406 g/mol. The second kappa shape index (κ2) is 9.02. The van der Waals surface area contributed by atoms with Crippen molar-refractivity contribution in [3.8, 4) is 11.5 Å². The predicted octanol–water partition coefficient (Wildman–Crippen LogP) is 4.76. The summed E-state index contributed by atoms with van der Waals surface area (Å²) in [6, 6.07) is 11.2. The smallest absolute Gasteiger partial charge is 0.277 e. The Kier molecular flexibility index (Phi) is 6.49. The molecule has 8 heteroatoms. The standard InChI is InChI=1S/C18H16ClN3O2S2/c1-2-8-22(11-15-7-4-9-25-15)16(23)12-26-18-21-20-17(24-18)13-5-3-6-14(19)10-13/h2-7,9-10H,1,8,11-12H2. The van der Waals surface area contributed by atoms with E-state index in [1.54, 1.807) is 34.4 Å². The number of carbonyl (C=O) groups is 1. The van der Waals surface area contributed by atoms with Crippen LogP contribution >= 0.6 is 34.7 Å². The molecule has 0 spiro atoms. The lowest BCUT2D eigenvalue weighted by atomic mass is 10.2. The number of thioether (sulfide) groups is 1. The van der Waals surface area contributed by atoms with Crippen LogP contribution in [0.15, 0.2) is 64.1 Å². The van der Waals surface area contributed by atoms with Crippen LogP contribution in [0, 0.1) is 0 Å². The summed E-state index contributed by atoms with van der Waals surface area (Å²) in [5.74, 6) is 0.589. The highest BCUT2D eigenvalue weighted by Crippen LogP contribution is 2.25. The Hall–Kier alpha value is -2.09. The zero-order valence-corrected chi connectivity index (χ0v) is 16.2. The summed E-state index contributed by atoms with van der Waals surface area (Å²) in [6.07, 6.45) is 1.72. The lowest BCUT2D eigenvalue weighted by Crippen LogP contribution is -2.31. The molecule has 0 fully saturated rings. The molecule has 0 saturated heterocycles. The molecule has 0 aliphatic heterocycles. The first-order chi connectivity index (χ1) is 12.7. The van der Waals surface area contributed by atoms with Gasteiger partial charge in [-0.2, -0.15) is 0 Å². The fourth-order valence-electron chi connectivity index (χ4n) is 2.22. The number of thiophene rings is 1. The molecule has 26 heavy (non-hydrogen) atoms. The summed E-state index contributed by atoms with van der Waals surface area (Å²) in [5.41, 5.74) is 0.745. The van der Waals surface area contributed by atoms with E-state index in [0.717, 1.165) is 10.4 Å². The van der Waals surface area contributed by atoms with Crippen molar-refractivity contribution in [1.29, 1.82) is 0 Å². The van der Waals surface area contributed by atoms with Gasteiger partial charge in [-0.25, -0.2) is 0 Å². The number of hydrogen-bond acceptors (Lipinski definition) is 6. The third-order valence-electron chi connectivity index (χ3n) is 3.43. The van der Waals surface area contributed by atoms with E-state index in [4.69, 9.17) is 16.0 Å². The molecule has 0 N–H and O–H groups in total. The van der Waals surface area contributed by atoms with Gasteiger partial charge in [-0.05, 0) is 29.6 Å². The van der Waals surface area contributed by atoms with Gasteiger partial charge in [0.1, 0.15) is 0 Å². The first kappa shape index (κ1) is 18.7. The number of halogens is 1. The molecule has 1 aromatic carbocycles. The average Bonchev–Trinajstić information content (AvgIpc) is 3.31. The number of aromatic nitrogens is 2. The van der Waals surface area contributed by atoms with Crippen molar-refractivity contribution in [2.75, 3.05) is 12.3 Å². The molecule has 3 rings (SSSR count). The highest BCUT2D eigenvalue weighted by atomic mass is 35.5. The number of carbonyl (C=O) groups excluding carboxylic acids is 1. The van der Waals surface area contributed by atoms with Gasteiger partial charge < -0.3 is 9.32 Å². The van der Waals surface area contributed by atoms with E-state index >= 15 is 0 Å². The van der Waals surface area contributed by atoms with Crippen LogP contribution in [-0.4, -0.2) is 33.3 Å². The first-order valence-corrected chi connectivity index (χ1v) is 10.0. The van der Waals surface area contributed by atoms with E-state index in [2.05, 4.69) is 16.8 Å². The van der Waals surface area contributed by atoms with E-state index < -0.39 is 0 Å². The molecule has 2 aromatic heterocycles. The van der Waals surface area contributed by atoms with Gasteiger partial charge in [-0.1, -0.05) is 41.6 Å². The maximum Gasteiger partial charge on any atom is 0.277 e. The minimum absolute atomic E-state index is 0.00851. The molecule has 0 aliphatic rings. The van der Waals surface area contributed by atoms with Crippen molar-refractivity contribution >= 4 is 40.6 Å². The SMILES string of the molecule is C=CCN(Cc1cccs1)C(=O)CSc1nnc(-c2cccc(Cl)c2)o1. The van der Waals surface area contributed by atoms with Crippen LogP contribution in [0.1, 0.15) is 4.88 Å². The number of rotatable bonds is 8. The Bertz CT molecular complexity index is 880. The fourth-order valence-corrected chi connectivity index (χ4v) is 3.80. The molecular weight excluding hydrogens is 390 g/mol. The monoisotopic (exact) mass is 405 g/mol. The highest BCUT2D eigenvalue weighted by molar-refractivity contribution is 7.99. The number of amides is 1. The molecule has 0 aliphatic carbocycles. The van der Waals surface area contributed by atoms with Gasteiger partial charge in [0.15, 0.2) is 0 Å². The largest absolute Gasteiger partial charge is 0.411 e. The Morgan fingerprint density at radius 2 is 2.23 bits per heavy atom. The third-order valence-corrected chi connectivity index (χ3v) is 5.33. The van der Waals surface area contributed by atoms with E-state index in [1.165, 1.54) is 11.8 Å². The van der Waals surface area contributed by atoms with Crippen molar-refractivity contribution in [2.45, 2.75) is 11.8 Å². The topological polar surface area (TPSA) is 59.2 Å².